The minimum Gasteiger partial charge on any atom is -0.279 e. The molecule has 0 fully saturated rings. The maximum absolute atomic E-state index is 12.7. The van der Waals surface area contributed by atoms with E-state index in [1.807, 2.05) is 30.3 Å². The van der Waals surface area contributed by atoms with Crippen LogP contribution >= 0.6 is 23.2 Å². The summed E-state index contributed by atoms with van der Waals surface area (Å²) >= 11 is 12.2. The van der Waals surface area contributed by atoms with Gasteiger partial charge in [-0.2, -0.15) is 0 Å². The molecule has 0 amide bonds. The number of nitrogens with zero attached hydrogens (tertiary/aromatic N) is 4. The molecule has 0 atom stereocenters. The molecule has 0 aliphatic rings. The second kappa shape index (κ2) is 6.89. The van der Waals surface area contributed by atoms with Crippen molar-refractivity contribution < 1.29 is 0 Å². The van der Waals surface area contributed by atoms with Crippen LogP contribution in [0.25, 0.3) is 33.7 Å². The van der Waals surface area contributed by atoms with Gasteiger partial charge in [0.2, 0.25) is 0 Å². The predicted molar refractivity (Wildman–Crippen MR) is 111 cm³/mol. The first-order chi connectivity index (χ1) is 13.4. The van der Waals surface area contributed by atoms with Gasteiger partial charge in [0.1, 0.15) is 0 Å². The molecule has 0 aliphatic heterocycles. The Labute approximate surface area is 169 Å². The Morgan fingerprint density at radius 2 is 1.46 bits per heavy atom. The van der Waals surface area contributed by atoms with E-state index in [0.29, 0.717) is 27.0 Å². The Morgan fingerprint density at radius 3 is 2.14 bits per heavy atom. The van der Waals surface area contributed by atoms with Gasteiger partial charge < -0.3 is 0 Å². The lowest BCUT2D eigenvalue weighted by molar-refractivity contribution is 0.705. The van der Waals surface area contributed by atoms with Crippen molar-refractivity contribution in [3.05, 3.63) is 79.4 Å². The van der Waals surface area contributed by atoms with Gasteiger partial charge in [-0.3, -0.25) is 13.9 Å². The monoisotopic (exact) mass is 412 g/mol. The Morgan fingerprint density at radius 1 is 0.786 bits per heavy atom. The fraction of sp³-hybridized carbons (Fsp3) is 0.100. The molecule has 0 unspecified atom stereocenters. The van der Waals surface area contributed by atoms with Crippen LogP contribution in [0.1, 0.15) is 0 Å². The third-order valence-corrected chi connectivity index (χ3v) is 5.26. The lowest BCUT2D eigenvalue weighted by Gasteiger charge is -2.13. The van der Waals surface area contributed by atoms with Crippen LogP contribution < -0.4 is 11.2 Å². The number of halogens is 2. The fourth-order valence-corrected chi connectivity index (χ4v) is 3.31. The first-order valence-electron chi connectivity index (χ1n) is 8.37. The number of hydrogen-bond donors (Lipinski definition) is 0. The van der Waals surface area contributed by atoms with Crippen molar-refractivity contribution in [2.24, 2.45) is 14.1 Å². The second-order valence-corrected chi connectivity index (χ2v) is 7.11. The van der Waals surface area contributed by atoms with Gasteiger partial charge in [0.15, 0.2) is 11.2 Å². The Kier molecular flexibility index (Phi) is 4.53. The van der Waals surface area contributed by atoms with E-state index in [1.54, 1.807) is 25.2 Å². The SMILES string of the molecule is Cn1c(=O)c2nc(-c3ccc(Cl)c(Cl)c3)c(-c3ccccc3)nc2n(C)c1=O. The highest BCUT2D eigenvalue weighted by Crippen LogP contribution is 2.33. The second-order valence-electron chi connectivity index (χ2n) is 6.29. The molecule has 2 aromatic heterocycles. The predicted octanol–water partition coefficient (Wildman–Crippen LogP) is 3.67. The highest BCUT2D eigenvalue weighted by molar-refractivity contribution is 6.42. The van der Waals surface area contributed by atoms with E-state index in [0.717, 1.165) is 10.1 Å². The first-order valence-corrected chi connectivity index (χ1v) is 9.12. The van der Waals surface area contributed by atoms with Crippen molar-refractivity contribution in [2.75, 3.05) is 0 Å². The van der Waals surface area contributed by atoms with Crippen LogP contribution in [0.5, 0.6) is 0 Å². The van der Waals surface area contributed by atoms with Crippen LogP contribution in [0.2, 0.25) is 10.0 Å². The number of benzene rings is 2. The molecule has 0 spiro atoms. The van der Waals surface area contributed by atoms with E-state index >= 15 is 0 Å². The first kappa shape index (κ1) is 18.4. The maximum atomic E-state index is 12.7. The van der Waals surface area contributed by atoms with Gasteiger partial charge in [-0.05, 0) is 12.1 Å². The Bertz CT molecular complexity index is 1340. The molecular formula is C20H14Cl2N4O2. The van der Waals surface area contributed by atoms with Gasteiger partial charge in [-0.1, -0.05) is 59.6 Å². The van der Waals surface area contributed by atoms with Gasteiger partial charge in [0.05, 0.1) is 21.4 Å². The average molecular weight is 413 g/mol. The van der Waals surface area contributed by atoms with Crippen LogP contribution in [0.3, 0.4) is 0 Å². The minimum absolute atomic E-state index is 0.102. The quantitative estimate of drug-likeness (QED) is 0.503. The largest absolute Gasteiger partial charge is 0.332 e. The topological polar surface area (TPSA) is 69.8 Å². The molecular weight excluding hydrogens is 399 g/mol. The molecule has 140 valence electrons. The van der Waals surface area contributed by atoms with E-state index in [9.17, 15) is 9.59 Å². The zero-order valence-electron chi connectivity index (χ0n) is 15.0. The van der Waals surface area contributed by atoms with Gasteiger partial charge in [-0.25, -0.2) is 14.8 Å². The normalized spacial score (nSPS) is 11.1. The van der Waals surface area contributed by atoms with Crippen molar-refractivity contribution in [1.82, 2.24) is 19.1 Å². The van der Waals surface area contributed by atoms with Crippen LogP contribution in [-0.2, 0) is 14.1 Å². The van der Waals surface area contributed by atoms with E-state index < -0.39 is 11.2 Å². The molecule has 2 heterocycles. The summed E-state index contributed by atoms with van der Waals surface area (Å²) in [7, 11) is 2.97. The lowest BCUT2D eigenvalue weighted by atomic mass is 10.0. The summed E-state index contributed by atoms with van der Waals surface area (Å²) in [4.78, 5) is 34.2. The summed E-state index contributed by atoms with van der Waals surface area (Å²) in [6.07, 6.45) is 0. The van der Waals surface area contributed by atoms with Crippen molar-refractivity contribution in [2.45, 2.75) is 0 Å². The van der Waals surface area contributed by atoms with Gasteiger partial charge in [-0.15, -0.1) is 0 Å². The highest BCUT2D eigenvalue weighted by atomic mass is 35.5. The van der Waals surface area contributed by atoms with Crippen molar-refractivity contribution >= 4 is 34.4 Å². The minimum atomic E-state index is -0.508. The molecule has 4 rings (SSSR count). The number of fused-ring (bicyclic) bond motifs is 1. The number of aryl methyl sites for hydroxylation is 1. The molecule has 28 heavy (non-hydrogen) atoms. The molecule has 0 aliphatic carbocycles. The molecule has 0 radical (unpaired) electrons. The summed E-state index contributed by atoms with van der Waals surface area (Å²) < 4.78 is 2.33. The van der Waals surface area contributed by atoms with E-state index in [-0.39, 0.29) is 11.2 Å². The van der Waals surface area contributed by atoms with E-state index in [1.165, 1.54) is 11.6 Å². The standard InChI is InChI=1S/C20H14Cl2N4O2/c1-25-18-17(19(27)26(2)20(25)28)23-16(12-8-9-13(21)14(22)10-12)15(24-18)11-6-4-3-5-7-11/h3-10H,1-2H3. The lowest BCUT2D eigenvalue weighted by Crippen LogP contribution is -2.37. The third-order valence-electron chi connectivity index (χ3n) is 4.52. The molecule has 0 N–H and O–H groups in total. The van der Waals surface area contributed by atoms with Crippen molar-refractivity contribution in [1.29, 1.82) is 0 Å². The molecule has 0 bridgehead atoms. The number of hydrogen-bond acceptors (Lipinski definition) is 4. The Balaban J connectivity index is 2.16. The fourth-order valence-electron chi connectivity index (χ4n) is 3.01. The van der Waals surface area contributed by atoms with Crippen LogP contribution in [-0.4, -0.2) is 19.1 Å². The third kappa shape index (κ3) is 2.91. The van der Waals surface area contributed by atoms with Crippen molar-refractivity contribution in [3.63, 3.8) is 0 Å². The van der Waals surface area contributed by atoms with Gasteiger partial charge in [0, 0.05) is 25.2 Å². The molecule has 2 aromatic carbocycles. The molecule has 6 nitrogen and oxygen atoms in total. The van der Waals surface area contributed by atoms with Crippen LogP contribution in [0, 0.1) is 0 Å². The summed E-state index contributed by atoms with van der Waals surface area (Å²) in [5.74, 6) is 0. The van der Waals surface area contributed by atoms with E-state index in [2.05, 4.69) is 9.97 Å². The number of aromatic nitrogens is 4. The highest BCUT2D eigenvalue weighted by Gasteiger charge is 2.18. The Hall–Kier alpha value is -2.96. The summed E-state index contributed by atoms with van der Waals surface area (Å²) in [6.45, 7) is 0. The average Bonchev–Trinajstić information content (AvgIpc) is 2.72. The van der Waals surface area contributed by atoms with E-state index in [4.69, 9.17) is 23.2 Å². The summed E-state index contributed by atoms with van der Waals surface area (Å²) in [5, 5.41) is 0.784. The van der Waals surface area contributed by atoms with Crippen molar-refractivity contribution in [3.8, 4) is 22.5 Å². The molecule has 0 saturated carbocycles. The maximum Gasteiger partial charge on any atom is 0.332 e. The molecule has 0 saturated heterocycles. The summed E-state index contributed by atoms with van der Waals surface area (Å²) in [6, 6.07) is 14.5. The molecule has 8 heteroatoms. The zero-order valence-corrected chi connectivity index (χ0v) is 16.5. The molecule has 4 aromatic rings. The van der Waals surface area contributed by atoms with Crippen LogP contribution in [0.4, 0.5) is 0 Å². The summed E-state index contributed by atoms with van der Waals surface area (Å²) in [5.41, 5.74) is 1.83. The van der Waals surface area contributed by atoms with Gasteiger partial charge in [0.25, 0.3) is 5.56 Å². The number of rotatable bonds is 2. The van der Waals surface area contributed by atoms with Crippen LogP contribution in [0.15, 0.2) is 58.1 Å². The smallest absolute Gasteiger partial charge is 0.279 e. The zero-order chi connectivity index (χ0) is 20.0. The van der Waals surface area contributed by atoms with Gasteiger partial charge >= 0.3 is 5.69 Å².